The molecule has 116 valence electrons. The van der Waals surface area contributed by atoms with Crippen molar-refractivity contribution >= 4 is 23.3 Å². The van der Waals surface area contributed by atoms with E-state index in [0.29, 0.717) is 22.5 Å². The minimum atomic E-state index is -0.183. The molecule has 0 saturated heterocycles. The number of carbonyl (C=O) groups excluding carboxylic acids is 1. The van der Waals surface area contributed by atoms with Crippen molar-refractivity contribution in [3.8, 4) is 0 Å². The van der Waals surface area contributed by atoms with Crippen molar-refractivity contribution < 1.29 is 4.79 Å². The molecule has 0 bridgehead atoms. The summed E-state index contributed by atoms with van der Waals surface area (Å²) in [6.07, 6.45) is 6.23. The number of anilines is 1. The third kappa shape index (κ3) is 4.34. The Morgan fingerprint density at radius 3 is 2.76 bits per heavy atom. The van der Waals surface area contributed by atoms with E-state index in [4.69, 9.17) is 11.6 Å². The largest absolute Gasteiger partial charge is 0.370 e. The van der Waals surface area contributed by atoms with E-state index in [0.717, 1.165) is 6.54 Å². The van der Waals surface area contributed by atoms with Crippen LogP contribution in [-0.2, 0) is 0 Å². The summed E-state index contributed by atoms with van der Waals surface area (Å²) < 4.78 is 0. The SMILES string of the molecule is CCNc1ccc(Cl)c(C(=O)NC(C)C2CCCCC2)n1. The first-order chi connectivity index (χ1) is 10.1. The first kappa shape index (κ1) is 16.1. The zero-order valence-electron chi connectivity index (χ0n) is 12.8. The fourth-order valence-electron chi connectivity index (χ4n) is 2.91. The van der Waals surface area contributed by atoms with Crippen LogP contribution < -0.4 is 10.6 Å². The number of carbonyl (C=O) groups is 1. The summed E-state index contributed by atoms with van der Waals surface area (Å²) >= 11 is 6.11. The Kier molecular flexibility index (Phi) is 5.85. The lowest BCUT2D eigenvalue weighted by atomic mass is 9.84. The predicted molar refractivity (Wildman–Crippen MR) is 86.9 cm³/mol. The fraction of sp³-hybridized carbons (Fsp3) is 0.625. The van der Waals surface area contributed by atoms with Gasteiger partial charge in [-0.3, -0.25) is 4.79 Å². The zero-order valence-corrected chi connectivity index (χ0v) is 13.5. The lowest BCUT2D eigenvalue weighted by Crippen LogP contribution is -2.39. The van der Waals surface area contributed by atoms with Gasteiger partial charge in [0.1, 0.15) is 11.5 Å². The highest BCUT2D eigenvalue weighted by Crippen LogP contribution is 2.26. The van der Waals surface area contributed by atoms with Crippen LogP contribution in [0.15, 0.2) is 12.1 Å². The number of nitrogens with zero attached hydrogens (tertiary/aromatic N) is 1. The van der Waals surface area contributed by atoms with Gasteiger partial charge in [0.25, 0.3) is 5.91 Å². The predicted octanol–water partition coefficient (Wildman–Crippen LogP) is 3.87. The molecule has 1 atom stereocenters. The highest BCUT2D eigenvalue weighted by Gasteiger charge is 2.23. The topological polar surface area (TPSA) is 54.0 Å². The molecule has 1 aromatic rings. The molecule has 21 heavy (non-hydrogen) atoms. The summed E-state index contributed by atoms with van der Waals surface area (Å²) in [5.41, 5.74) is 0.303. The molecule has 1 aliphatic rings. The average molecular weight is 310 g/mol. The van der Waals surface area contributed by atoms with Crippen LogP contribution in [0.25, 0.3) is 0 Å². The molecule has 1 heterocycles. The molecule has 1 fully saturated rings. The van der Waals surface area contributed by atoms with E-state index in [1.807, 2.05) is 6.92 Å². The van der Waals surface area contributed by atoms with E-state index in [1.54, 1.807) is 12.1 Å². The van der Waals surface area contributed by atoms with Crippen molar-refractivity contribution in [2.24, 2.45) is 5.92 Å². The van der Waals surface area contributed by atoms with Crippen LogP contribution in [0.1, 0.15) is 56.4 Å². The Hall–Kier alpha value is -1.29. The number of aromatic nitrogens is 1. The van der Waals surface area contributed by atoms with Crippen molar-refractivity contribution in [3.05, 3.63) is 22.8 Å². The summed E-state index contributed by atoms with van der Waals surface area (Å²) in [6.45, 7) is 4.82. The van der Waals surface area contributed by atoms with Gasteiger partial charge in [-0.1, -0.05) is 30.9 Å². The van der Waals surface area contributed by atoms with Crippen molar-refractivity contribution in [2.45, 2.75) is 52.0 Å². The number of nitrogens with one attached hydrogen (secondary N) is 2. The molecule has 1 aromatic heterocycles. The van der Waals surface area contributed by atoms with E-state index in [2.05, 4.69) is 22.5 Å². The van der Waals surface area contributed by atoms with Crippen molar-refractivity contribution in [1.82, 2.24) is 10.3 Å². The molecule has 0 radical (unpaired) electrons. The Morgan fingerprint density at radius 2 is 2.10 bits per heavy atom. The molecule has 4 nitrogen and oxygen atoms in total. The molecule has 0 aromatic carbocycles. The average Bonchev–Trinajstić information content (AvgIpc) is 2.50. The van der Waals surface area contributed by atoms with E-state index in [1.165, 1.54) is 32.1 Å². The van der Waals surface area contributed by atoms with Gasteiger partial charge < -0.3 is 10.6 Å². The highest BCUT2D eigenvalue weighted by molar-refractivity contribution is 6.33. The Bertz CT molecular complexity index is 486. The first-order valence-electron chi connectivity index (χ1n) is 7.83. The molecular formula is C16H24ClN3O. The zero-order chi connectivity index (χ0) is 15.2. The maximum atomic E-state index is 12.4. The van der Waals surface area contributed by atoms with Crippen molar-refractivity contribution in [3.63, 3.8) is 0 Å². The van der Waals surface area contributed by atoms with Crippen LogP contribution in [-0.4, -0.2) is 23.5 Å². The monoisotopic (exact) mass is 309 g/mol. The van der Waals surface area contributed by atoms with Crippen LogP contribution in [0.5, 0.6) is 0 Å². The van der Waals surface area contributed by atoms with Crippen molar-refractivity contribution in [1.29, 1.82) is 0 Å². The van der Waals surface area contributed by atoms with E-state index < -0.39 is 0 Å². The Balaban J connectivity index is 2.03. The summed E-state index contributed by atoms with van der Waals surface area (Å²) in [5, 5.41) is 6.55. The standard InChI is InChI=1S/C16H24ClN3O/c1-3-18-14-10-9-13(17)15(20-14)16(21)19-11(2)12-7-5-4-6-8-12/h9-12H,3-8H2,1-2H3,(H,18,20)(H,19,21). The molecule has 1 amide bonds. The van der Waals surface area contributed by atoms with Gasteiger partial charge in [0.05, 0.1) is 5.02 Å². The number of halogens is 1. The van der Waals surface area contributed by atoms with Gasteiger partial charge in [0.15, 0.2) is 0 Å². The number of amides is 1. The van der Waals surface area contributed by atoms with Crippen LogP contribution in [0.2, 0.25) is 5.02 Å². The molecule has 1 unspecified atom stereocenters. The normalized spacial score (nSPS) is 17.3. The van der Waals surface area contributed by atoms with Crippen LogP contribution in [0.4, 0.5) is 5.82 Å². The first-order valence-corrected chi connectivity index (χ1v) is 8.21. The number of pyridine rings is 1. The van der Waals surface area contributed by atoms with Gasteiger partial charge >= 0.3 is 0 Å². The molecular weight excluding hydrogens is 286 g/mol. The maximum absolute atomic E-state index is 12.4. The summed E-state index contributed by atoms with van der Waals surface area (Å²) in [6, 6.07) is 3.67. The molecule has 1 aliphatic carbocycles. The Labute approximate surface area is 131 Å². The fourth-order valence-corrected chi connectivity index (χ4v) is 3.10. The molecule has 1 saturated carbocycles. The van der Waals surface area contributed by atoms with E-state index >= 15 is 0 Å². The number of rotatable bonds is 5. The van der Waals surface area contributed by atoms with Gasteiger partial charge in [0, 0.05) is 12.6 Å². The highest BCUT2D eigenvalue weighted by atomic mass is 35.5. The molecule has 0 aliphatic heterocycles. The van der Waals surface area contributed by atoms with E-state index in [-0.39, 0.29) is 11.9 Å². The second kappa shape index (κ2) is 7.64. The summed E-state index contributed by atoms with van der Waals surface area (Å²) in [5.74, 6) is 1.06. The van der Waals surface area contributed by atoms with Gasteiger partial charge in [-0.25, -0.2) is 4.98 Å². The lowest BCUT2D eigenvalue weighted by Gasteiger charge is -2.28. The molecule has 2 rings (SSSR count). The molecule has 5 heteroatoms. The minimum Gasteiger partial charge on any atom is -0.370 e. The van der Waals surface area contributed by atoms with Gasteiger partial charge in [0.2, 0.25) is 0 Å². The summed E-state index contributed by atoms with van der Waals surface area (Å²) in [7, 11) is 0. The third-order valence-corrected chi connectivity index (χ3v) is 4.44. The van der Waals surface area contributed by atoms with Gasteiger partial charge in [-0.05, 0) is 44.7 Å². The van der Waals surface area contributed by atoms with Crippen molar-refractivity contribution in [2.75, 3.05) is 11.9 Å². The minimum absolute atomic E-state index is 0.165. The Morgan fingerprint density at radius 1 is 1.38 bits per heavy atom. The number of hydrogen-bond acceptors (Lipinski definition) is 3. The second-order valence-electron chi connectivity index (χ2n) is 5.72. The number of hydrogen-bond donors (Lipinski definition) is 2. The lowest BCUT2D eigenvalue weighted by molar-refractivity contribution is 0.0914. The molecule has 0 spiro atoms. The van der Waals surface area contributed by atoms with Gasteiger partial charge in [-0.2, -0.15) is 0 Å². The maximum Gasteiger partial charge on any atom is 0.271 e. The van der Waals surface area contributed by atoms with Crippen LogP contribution >= 0.6 is 11.6 Å². The quantitative estimate of drug-likeness (QED) is 0.868. The van der Waals surface area contributed by atoms with E-state index in [9.17, 15) is 4.79 Å². The van der Waals surface area contributed by atoms with Crippen LogP contribution in [0.3, 0.4) is 0 Å². The summed E-state index contributed by atoms with van der Waals surface area (Å²) in [4.78, 5) is 16.7. The van der Waals surface area contributed by atoms with Gasteiger partial charge in [-0.15, -0.1) is 0 Å². The second-order valence-corrected chi connectivity index (χ2v) is 6.12. The van der Waals surface area contributed by atoms with Crippen LogP contribution in [0, 0.1) is 5.92 Å². The smallest absolute Gasteiger partial charge is 0.271 e. The third-order valence-electron chi connectivity index (χ3n) is 4.13. The molecule has 2 N–H and O–H groups in total.